The predicted molar refractivity (Wildman–Crippen MR) is 94.0 cm³/mol. The zero-order chi connectivity index (χ0) is 18.4. The molecule has 3 rings (SSSR count). The molecule has 0 fully saturated rings. The number of nitro benzene ring substituents is 1. The molecule has 0 saturated heterocycles. The summed E-state index contributed by atoms with van der Waals surface area (Å²) < 4.78 is 21.7. The van der Waals surface area contributed by atoms with Crippen LogP contribution in [0, 0.1) is 10.1 Å². The van der Waals surface area contributed by atoms with Gasteiger partial charge in [-0.25, -0.2) is 0 Å². The number of nitrogens with zero attached hydrogens (tertiary/aromatic N) is 1. The van der Waals surface area contributed by atoms with E-state index in [0.29, 0.717) is 49.3 Å². The lowest BCUT2D eigenvalue weighted by Crippen LogP contribution is -2.21. The number of benzene rings is 2. The summed E-state index contributed by atoms with van der Waals surface area (Å²) >= 11 is 0. The Morgan fingerprint density at radius 1 is 1.15 bits per heavy atom. The largest absolute Gasteiger partial charge is 0.494 e. The van der Waals surface area contributed by atoms with Crippen molar-refractivity contribution in [1.82, 2.24) is 5.32 Å². The maximum atomic E-state index is 10.9. The van der Waals surface area contributed by atoms with Crippen LogP contribution >= 0.6 is 0 Å². The van der Waals surface area contributed by atoms with Crippen LogP contribution in [-0.2, 0) is 6.54 Å². The van der Waals surface area contributed by atoms with Gasteiger partial charge in [-0.2, -0.15) is 0 Å². The zero-order valence-electron chi connectivity index (χ0n) is 14.4. The van der Waals surface area contributed by atoms with Crippen molar-refractivity contribution in [2.24, 2.45) is 0 Å². The smallest absolute Gasteiger partial charge is 0.270 e. The molecule has 0 atom stereocenters. The number of ether oxygens (including phenoxy) is 4. The molecule has 2 aromatic rings. The maximum Gasteiger partial charge on any atom is 0.270 e. The van der Waals surface area contributed by atoms with Gasteiger partial charge in [-0.3, -0.25) is 10.1 Å². The van der Waals surface area contributed by atoms with Crippen molar-refractivity contribution in [3.05, 3.63) is 52.1 Å². The van der Waals surface area contributed by atoms with Crippen LogP contribution in [-0.4, -0.2) is 31.5 Å². The van der Waals surface area contributed by atoms with E-state index in [1.54, 1.807) is 12.1 Å². The maximum absolute atomic E-state index is 10.9. The molecule has 0 bridgehead atoms. The van der Waals surface area contributed by atoms with Crippen molar-refractivity contribution < 1.29 is 23.9 Å². The molecule has 0 aromatic heterocycles. The molecule has 0 aliphatic carbocycles. The fourth-order valence-corrected chi connectivity index (χ4v) is 2.54. The van der Waals surface area contributed by atoms with Gasteiger partial charge in [0, 0.05) is 36.9 Å². The molecule has 0 unspecified atom stereocenters. The van der Waals surface area contributed by atoms with Crippen molar-refractivity contribution in [3.8, 4) is 23.0 Å². The van der Waals surface area contributed by atoms with Gasteiger partial charge in [-0.1, -0.05) is 0 Å². The Morgan fingerprint density at radius 3 is 2.81 bits per heavy atom. The summed E-state index contributed by atoms with van der Waals surface area (Å²) in [7, 11) is 0. The summed E-state index contributed by atoms with van der Waals surface area (Å²) in [5.74, 6) is 2.72. The second-order valence-corrected chi connectivity index (χ2v) is 5.52. The first-order valence-corrected chi connectivity index (χ1v) is 8.30. The van der Waals surface area contributed by atoms with Crippen molar-refractivity contribution in [2.45, 2.75) is 13.5 Å². The third kappa shape index (κ3) is 4.34. The average molecular weight is 360 g/mol. The molecule has 1 aliphatic rings. The molecule has 0 spiro atoms. The zero-order valence-corrected chi connectivity index (χ0v) is 14.4. The highest BCUT2D eigenvalue weighted by molar-refractivity contribution is 5.47. The topological polar surface area (TPSA) is 92.1 Å². The molecular weight excluding hydrogens is 340 g/mol. The van der Waals surface area contributed by atoms with Crippen molar-refractivity contribution in [3.63, 3.8) is 0 Å². The minimum absolute atomic E-state index is 0.0434. The monoisotopic (exact) mass is 360 g/mol. The summed E-state index contributed by atoms with van der Waals surface area (Å²) in [6, 6.07) is 10.0. The average Bonchev–Trinajstić information content (AvgIpc) is 3.10. The fourth-order valence-electron chi connectivity index (χ4n) is 2.54. The number of nitrogens with one attached hydrogen (secondary N) is 1. The third-order valence-electron chi connectivity index (χ3n) is 3.76. The lowest BCUT2D eigenvalue weighted by molar-refractivity contribution is -0.384. The molecule has 2 aromatic carbocycles. The second-order valence-electron chi connectivity index (χ2n) is 5.52. The molecular formula is C18H20N2O6. The molecule has 0 radical (unpaired) electrons. The molecule has 26 heavy (non-hydrogen) atoms. The normalized spacial score (nSPS) is 12.0. The molecule has 8 heteroatoms. The van der Waals surface area contributed by atoms with Gasteiger partial charge in [-0.15, -0.1) is 0 Å². The van der Waals surface area contributed by atoms with Crippen LogP contribution in [0.25, 0.3) is 0 Å². The Bertz CT molecular complexity index is 780. The lowest BCUT2D eigenvalue weighted by Gasteiger charge is -2.12. The fraction of sp³-hybridized carbons (Fsp3) is 0.333. The number of hydrogen-bond acceptors (Lipinski definition) is 7. The Morgan fingerprint density at radius 2 is 2.00 bits per heavy atom. The first-order chi connectivity index (χ1) is 12.7. The van der Waals surface area contributed by atoms with E-state index in [1.807, 2.05) is 19.1 Å². The van der Waals surface area contributed by atoms with E-state index in [-0.39, 0.29) is 12.5 Å². The van der Waals surface area contributed by atoms with Crippen LogP contribution in [0.5, 0.6) is 23.0 Å². The van der Waals surface area contributed by atoms with Crippen LogP contribution in [0.1, 0.15) is 12.5 Å². The van der Waals surface area contributed by atoms with E-state index in [4.69, 9.17) is 18.9 Å². The Labute approximate surface area is 150 Å². The highest BCUT2D eigenvalue weighted by Gasteiger charge is 2.14. The first kappa shape index (κ1) is 17.8. The van der Waals surface area contributed by atoms with E-state index in [1.165, 1.54) is 12.1 Å². The van der Waals surface area contributed by atoms with E-state index >= 15 is 0 Å². The molecule has 8 nitrogen and oxygen atoms in total. The van der Waals surface area contributed by atoms with E-state index in [2.05, 4.69) is 5.32 Å². The third-order valence-corrected chi connectivity index (χ3v) is 3.76. The van der Waals surface area contributed by atoms with Crippen LogP contribution in [0.2, 0.25) is 0 Å². The van der Waals surface area contributed by atoms with Gasteiger partial charge in [0.05, 0.1) is 11.5 Å². The van der Waals surface area contributed by atoms with Crippen molar-refractivity contribution in [1.29, 1.82) is 0 Å². The summed E-state index contributed by atoms with van der Waals surface area (Å²) in [6.45, 7) is 4.06. The Balaban J connectivity index is 1.50. The molecule has 1 aliphatic heterocycles. The minimum atomic E-state index is -0.415. The quantitative estimate of drug-likeness (QED) is 0.417. The van der Waals surface area contributed by atoms with Gasteiger partial charge in [0.1, 0.15) is 18.1 Å². The van der Waals surface area contributed by atoms with Gasteiger partial charge in [-0.05, 0) is 25.1 Å². The highest BCUT2D eigenvalue weighted by Crippen LogP contribution is 2.35. The Hall–Kier alpha value is -3.00. The van der Waals surface area contributed by atoms with Crippen LogP contribution < -0.4 is 24.3 Å². The molecule has 138 valence electrons. The molecule has 0 amide bonds. The van der Waals surface area contributed by atoms with Gasteiger partial charge in [0.25, 0.3) is 5.69 Å². The van der Waals surface area contributed by atoms with E-state index < -0.39 is 4.92 Å². The van der Waals surface area contributed by atoms with Crippen molar-refractivity contribution in [2.75, 3.05) is 26.6 Å². The van der Waals surface area contributed by atoms with E-state index in [0.717, 1.165) is 5.56 Å². The van der Waals surface area contributed by atoms with Crippen LogP contribution in [0.15, 0.2) is 36.4 Å². The van der Waals surface area contributed by atoms with Gasteiger partial charge < -0.3 is 24.3 Å². The summed E-state index contributed by atoms with van der Waals surface area (Å²) in [4.78, 5) is 10.5. The summed E-state index contributed by atoms with van der Waals surface area (Å²) in [5, 5.41) is 14.1. The summed E-state index contributed by atoms with van der Waals surface area (Å²) in [5.41, 5.74) is 0.783. The summed E-state index contributed by atoms with van der Waals surface area (Å²) in [6.07, 6.45) is 0. The lowest BCUT2D eigenvalue weighted by atomic mass is 10.1. The Kier molecular flexibility index (Phi) is 5.75. The van der Waals surface area contributed by atoms with Gasteiger partial charge in [0.2, 0.25) is 6.79 Å². The van der Waals surface area contributed by atoms with Crippen molar-refractivity contribution >= 4 is 5.69 Å². The number of hydrogen-bond donors (Lipinski definition) is 1. The minimum Gasteiger partial charge on any atom is -0.494 e. The van der Waals surface area contributed by atoms with Gasteiger partial charge in [0.15, 0.2) is 11.5 Å². The standard InChI is InChI=1S/C18H20N2O6/c1-2-23-16-5-3-14(20(21)22)9-13(16)11-19-7-8-24-15-4-6-17-18(10-15)26-12-25-17/h3-6,9-10,19H,2,7-8,11-12H2,1H3. The molecule has 0 saturated carbocycles. The SMILES string of the molecule is CCOc1ccc([N+](=O)[O-])cc1CNCCOc1ccc2c(c1)OCO2. The molecule has 1 N–H and O–H groups in total. The number of fused-ring (bicyclic) bond motifs is 1. The van der Waals surface area contributed by atoms with E-state index in [9.17, 15) is 10.1 Å². The molecule has 1 heterocycles. The highest BCUT2D eigenvalue weighted by atomic mass is 16.7. The first-order valence-electron chi connectivity index (χ1n) is 8.30. The van der Waals surface area contributed by atoms with Crippen LogP contribution in [0.3, 0.4) is 0 Å². The number of non-ortho nitro benzene ring substituents is 1. The second kappa shape index (κ2) is 8.39. The predicted octanol–water partition coefficient (Wildman–Crippen LogP) is 2.89. The number of rotatable bonds is 9. The van der Waals surface area contributed by atoms with Crippen LogP contribution in [0.4, 0.5) is 5.69 Å². The number of nitro groups is 1. The van der Waals surface area contributed by atoms with Gasteiger partial charge >= 0.3 is 0 Å².